The highest BCUT2D eigenvalue weighted by Crippen LogP contribution is 2.40. The van der Waals surface area contributed by atoms with Gasteiger partial charge in [-0.15, -0.1) is 22.7 Å². The summed E-state index contributed by atoms with van der Waals surface area (Å²) in [6.07, 6.45) is 2.56. The van der Waals surface area contributed by atoms with Crippen molar-refractivity contribution >= 4 is 44.6 Å². The zero-order chi connectivity index (χ0) is 20.1. The van der Waals surface area contributed by atoms with E-state index in [4.69, 9.17) is 9.97 Å². The van der Waals surface area contributed by atoms with Crippen LogP contribution in [0.2, 0.25) is 0 Å². The second kappa shape index (κ2) is 7.05. The third-order valence-corrected chi connectivity index (χ3v) is 7.45. The molecule has 0 aliphatic carbocycles. The van der Waals surface area contributed by atoms with Crippen molar-refractivity contribution in [2.75, 3.05) is 18.5 Å². The molecule has 29 heavy (non-hydrogen) atoms. The van der Waals surface area contributed by atoms with Crippen molar-refractivity contribution in [1.82, 2.24) is 19.9 Å². The number of fused-ring (bicyclic) bond motifs is 3. The van der Waals surface area contributed by atoms with Gasteiger partial charge in [0.1, 0.15) is 4.83 Å². The smallest absolute Gasteiger partial charge is 0.270 e. The molecule has 0 radical (unpaired) electrons. The minimum atomic E-state index is -0.127. The van der Waals surface area contributed by atoms with Crippen LogP contribution in [0.3, 0.4) is 0 Å². The number of carbonyl (C=O) groups excluding carboxylic acids is 1. The van der Waals surface area contributed by atoms with Gasteiger partial charge in [0.05, 0.1) is 16.0 Å². The molecular formula is C21H21N5OS2. The van der Waals surface area contributed by atoms with Crippen molar-refractivity contribution in [2.45, 2.75) is 26.8 Å². The second-order valence-corrected chi connectivity index (χ2v) is 9.27. The van der Waals surface area contributed by atoms with Crippen LogP contribution < -0.4 is 5.43 Å². The van der Waals surface area contributed by atoms with Gasteiger partial charge in [0.25, 0.3) is 5.91 Å². The van der Waals surface area contributed by atoms with Gasteiger partial charge in [-0.05, 0) is 42.5 Å². The molecular weight excluding hydrogens is 402 g/mol. The summed E-state index contributed by atoms with van der Waals surface area (Å²) in [5.41, 5.74) is 6.07. The first-order valence-electron chi connectivity index (χ1n) is 9.62. The number of amides is 1. The Hall–Kier alpha value is -2.55. The molecule has 0 spiro atoms. The lowest BCUT2D eigenvalue weighted by molar-refractivity contribution is -0.122. The Balaban J connectivity index is 1.65. The molecule has 2 aliphatic heterocycles. The number of hydrogen-bond donors (Lipinski definition) is 1. The summed E-state index contributed by atoms with van der Waals surface area (Å²) in [4.78, 5) is 27.9. The first-order valence-corrected chi connectivity index (χ1v) is 11.3. The van der Waals surface area contributed by atoms with Crippen molar-refractivity contribution in [2.24, 2.45) is 0 Å². The fraction of sp³-hybridized carbons (Fsp3) is 0.286. The Kier molecular flexibility index (Phi) is 4.49. The predicted molar refractivity (Wildman–Crippen MR) is 119 cm³/mol. The maximum Gasteiger partial charge on any atom is 0.270 e. The van der Waals surface area contributed by atoms with Crippen LogP contribution in [0.15, 0.2) is 41.4 Å². The molecule has 6 nitrogen and oxygen atoms in total. The molecule has 0 unspecified atom stereocenters. The van der Waals surface area contributed by atoms with Crippen molar-refractivity contribution in [1.29, 1.82) is 0 Å². The summed E-state index contributed by atoms with van der Waals surface area (Å²) in [5.74, 6) is 1.24. The minimum absolute atomic E-state index is 0.127. The van der Waals surface area contributed by atoms with Crippen LogP contribution >= 0.6 is 22.7 Å². The number of nitrogens with one attached hydrogen (secondary N) is 1. The van der Waals surface area contributed by atoms with Crippen molar-refractivity contribution in [3.63, 3.8) is 0 Å². The highest BCUT2D eigenvalue weighted by molar-refractivity contribution is 7.19. The molecule has 1 N–H and O–H groups in total. The van der Waals surface area contributed by atoms with Gasteiger partial charge in [-0.3, -0.25) is 15.1 Å². The Bertz CT molecular complexity index is 1160. The van der Waals surface area contributed by atoms with Crippen LogP contribution in [0.1, 0.15) is 24.3 Å². The Labute approximate surface area is 177 Å². The third-order valence-electron chi connectivity index (χ3n) is 5.47. The summed E-state index contributed by atoms with van der Waals surface area (Å²) in [6, 6.07) is 4.02. The molecule has 0 saturated carbocycles. The van der Waals surface area contributed by atoms with Crippen LogP contribution in [0.5, 0.6) is 0 Å². The van der Waals surface area contributed by atoms with Gasteiger partial charge in [-0.2, -0.15) is 0 Å². The number of thiophene rings is 2. The Morgan fingerprint density at radius 1 is 1.34 bits per heavy atom. The topological polar surface area (TPSA) is 61.4 Å². The van der Waals surface area contributed by atoms with E-state index in [1.54, 1.807) is 28.7 Å². The molecule has 3 aromatic rings. The number of nitrogens with zero attached hydrogens (tertiary/aromatic N) is 4. The molecule has 3 aromatic heterocycles. The third kappa shape index (κ3) is 3.08. The SMILES string of the molecule is C=C1C(C)=CC(=O)N1Nc1nc(-c2cccs2)nc2sc3c(c12)CCN(CC)C3. The molecule has 1 amide bonds. The normalized spacial score (nSPS) is 17.2. The standard InChI is InChI=1S/C21H21N5OS2/c1-4-25-8-7-14-16(11-25)29-21-18(14)20(22-19(23-21)15-6-5-9-28-15)24-26-13(3)12(2)10-17(26)27/h5-6,9-10H,3-4,7-8,11H2,1-2H3,(H,22,23,24). The van der Waals surface area contributed by atoms with E-state index in [1.165, 1.54) is 15.4 Å². The lowest BCUT2D eigenvalue weighted by Gasteiger charge is -2.25. The Morgan fingerprint density at radius 3 is 2.90 bits per heavy atom. The quantitative estimate of drug-likeness (QED) is 0.673. The van der Waals surface area contributed by atoms with Crippen molar-refractivity contribution in [3.8, 4) is 10.7 Å². The molecule has 0 atom stereocenters. The Morgan fingerprint density at radius 2 is 2.21 bits per heavy atom. The van der Waals surface area contributed by atoms with Gasteiger partial charge in [-0.25, -0.2) is 15.0 Å². The van der Waals surface area contributed by atoms with Gasteiger partial charge in [0, 0.05) is 24.0 Å². The van der Waals surface area contributed by atoms with Crippen LogP contribution in [0, 0.1) is 0 Å². The largest absolute Gasteiger partial charge is 0.298 e. The van der Waals surface area contributed by atoms with Crippen LogP contribution in [0.4, 0.5) is 5.82 Å². The molecule has 8 heteroatoms. The summed E-state index contributed by atoms with van der Waals surface area (Å²) in [5, 5.41) is 4.54. The fourth-order valence-corrected chi connectivity index (χ4v) is 5.71. The highest BCUT2D eigenvalue weighted by Gasteiger charge is 2.28. The van der Waals surface area contributed by atoms with Gasteiger partial charge in [0.15, 0.2) is 11.6 Å². The van der Waals surface area contributed by atoms with E-state index in [2.05, 4.69) is 23.8 Å². The maximum absolute atomic E-state index is 12.4. The minimum Gasteiger partial charge on any atom is -0.298 e. The monoisotopic (exact) mass is 423 g/mol. The summed E-state index contributed by atoms with van der Waals surface area (Å²) < 4.78 is 0. The molecule has 0 saturated heterocycles. The van der Waals surface area contributed by atoms with E-state index < -0.39 is 0 Å². The molecule has 148 valence electrons. The summed E-state index contributed by atoms with van der Waals surface area (Å²) in [7, 11) is 0. The number of hydrogen-bond acceptors (Lipinski definition) is 7. The van der Waals surface area contributed by atoms with Gasteiger partial charge in [0.2, 0.25) is 0 Å². The van der Waals surface area contributed by atoms with E-state index in [9.17, 15) is 4.79 Å². The zero-order valence-corrected chi connectivity index (χ0v) is 18.0. The van der Waals surface area contributed by atoms with Crippen LogP contribution in [-0.4, -0.2) is 38.9 Å². The molecule has 5 heterocycles. The molecule has 5 rings (SSSR count). The second-order valence-electron chi connectivity index (χ2n) is 7.24. The van der Waals surface area contributed by atoms with Crippen molar-refractivity contribution < 1.29 is 4.79 Å². The number of hydrazine groups is 1. The summed E-state index contributed by atoms with van der Waals surface area (Å²) in [6.45, 7) is 11.1. The first-order chi connectivity index (χ1) is 14.0. The number of likely N-dealkylation sites (N-methyl/N-ethyl adjacent to an activating group) is 1. The lowest BCUT2D eigenvalue weighted by atomic mass is 10.1. The molecule has 2 aliphatic rings. The summed E-state index contributed by atoms with van der Waals surface area (Å²) >= 11 is 3.35. The molecule has 0 aromatic carbocycles. The van der Waals surface area contributed by atoms with E-state index in [-0.39, 0.29) is 5.91 Å². The number of rotatable bonds is 4. The number of carbonyl (C=O) groups is 1. The lowest BCUT2D eigenvalue weighted by Crippen LogP contribution is -2.31. The average Bonchev–Trinajstić information content (AvgIpc) is 3.42. The van der Waals surface area contributed by atoms with E-state index >= 15 is 0 Å². The van der Waals surface area contributed by atoms with E-state index in [0.29, 0.717) is 17.3 Å². The van der Waals surface area contributed by atoms with E-state index in [0.717, 1.165) is 46.7 Å². The maximum atomic E-state index is 12.4. The van der Waals surface area contributed by atoms with Crippen LogP contribution in [0.25, 0.3) is 20.9 Å². The number of aromatic nitrogens is 2. The van der Waals surface area contributed by atoms with Gasteiger partial charge < -0.3 is 0 Å². The van der Waals surface area contributed by atoms with Crippen LogP contribution in [-0.2, 0) is 17.8 Å². The van der Waals surface area contributed by atoms with Crippen molar-refractivity contribution in [3.05, 3.63) is 51.9 Å². The highest BCUT2D eigenvalue weighted by atomic mass is 32.1. The van der Waals surface area contributed by atoms with Gasteiger partial charge >= 0.3 is 0 Å². The predicted octanol–water partition coefficient (Wildman–Crippen LogP) is 4.43. The zero-order valence-electron chi connectivity index (χ0n) is 16.4. The average molecular weight is 424 g/mol. The van der Waals surface area contributed by atoms with Gasteiger partial charge in [-0.1, -0.05) is 19.6 Å². The number of allylic oxidation sites excluding steroid dienone is 1. The molecule has 0 fully saturated rings. The van der Waals surface area contributed by atoms with E-state index in [1.807, 2.05) is 24.4 Å². The molecule has 0 bridgehead atoms. The fourth-order valence-electron chi connectivity index (χ4n) is 3.79. The number of anilines is 1. The first kappa shape index (κ1) is 18.5.